The zero-order valence-corrected chi connectivity index (χ0v) is 10.8. The quantitative estimate of drug-likeness (QED) is 0.730. The minimum atomic E-state index is -0.0220. The summed E-state index contributed by atoms with van der Waals surface area (Å²) < 4.78 is 0. The van der Waals surface area contributed by atoms with E-state index in [1.807, 2.05) is 23.6 Å². The number of carbonyl (C=O) groups is 2. The molecule has 1 atom stereocenters. The van der Waals surface area contributed by atoms with Crippen LogP contribution in [0.4, 0.5) is 0 Å². The molecule has 0 aliphatic carbocycles. The average Bonchev–Trinajstić information content (AvgIpc) is 2.36. The topological polar surface area (TPSA) is 49.4 Å². The molecule has 0 saturated carbocycles. The van der Waals surface area contributed by atoms with Crippen LogP contribution in [0, 0.1) is 0 Å². The van der Waals surface area contributed by atoms with E-state index in [1.54, 1.807) is 0 Å². The Morgan fingerprint density at radius 1 is 1.50 bits per heavy atom. The summed E-state index contributed by atoms with van der Waals surface area (Å²) in [6, 6.07) is 0.0293. The first-order chi connectivity index (χ1) is 7.65. The molecular weight excluding hydrogens is 224 g/mol. The fraction of sp³-hybridized carbons (Fsp3) is 0.818. The largest absolute Gasteiger partial charge is 0.347 e. The standard InChI is InChI=1S/C11H20N2O2S/c1-3-16-6-4-5-13-9(2)7-10(14)12-8-11(13)15/h9H,3-8H2,1-2H3,(H,12,14). The van der Waals surface area contributed by atoms with Gasteiger partial charge in [0.25, 0.3) is 0 Å². The molecule has 1 aliphatic rings. The molecule has 0 aromatic heterocycles. The lowest BCUT2D eigenvalue weighted by molar-refractivity contribution is -0.131. The van der Waals surface area contributed by atoms with Crippen LogP contribution < -0.4 is 5.32 Å². The number of nitrogens with one attached hydrogen (secondary N) is 1. The first kappa shape index (κ1) is 13.4. The van der Waals surface area contributed by atoms with Crippen molar-refractivity contribution in [2.75, 3.05) is 24.6 Å². The maximum absolute atomic E-state index is 11.7. The number of hydrogen-bond acceptors (Lipinski definition) is 3. The normalized spacial score (nSPS) is 21.9. The SMILES string of the molecule is CCSCCCN1C(=O)CNC(=O)CC1C. The van der Waals surface area contributed by atoms with Gasteiger partial charge in [-0.25, -0.2) is 0 Å². The molecule has 1 N–H and O–H groups in total. The van der Waals surface area contributed by atoms with E-state index < -0.39 is 0 Å². The lowest BCUT2D eigenvalue weighted by Crippen LogP contribution is -2.40. The van der Waals surface area contributed by atoms with Crippen LogP contribution in [0.25, 0.3) is 0 Å². The highest BCUT2D eigenvalue weighted by atomic mass is 32.2. The predicted octanol–water partition coefficient (Wildman–Crippen LogP) is 0.867. The van der Waals surface area contributed by atoms with Crippen LogP contribution in [0.5, 0.6) is 0 Å². The van der Waals surface area contributed by atoms with Crippen molar-refractivity contribution in [1.29, 1.82) is 0 Å². The molecule has 1 rings (SSSR count). The average molecular weight is 244 g/mol. The van der Waals surface area contributed by atoms with Crippen LogP contribution in [0.1, 0.15) is 26.7 Å². The molecule has 2 amide bonds. The number of rotatable bonds is 5. The molecular formula is C11H20N2O2S. The first-order valence-corrected chi connectivity index (χ1v) is 6.94. The van der Waals surface area contributed by atoms with Gasteiger partial charge in [0.1, 0.15) is 0 Å². The Balaban J connectivity index is 2.41. The second kappa shape index (κ2) is 6.78. The lowest BCUT2D eigenvalue weighted by Gasteiger charge is -2.26. The molecule has 1 heterocycles. The molecule has 0 radical (unpaired) electrons. The van der Waals surface area contributed by atoms with Gasteiger partial charge in [-0.15, -0.1) is 0 Å². The second-order valence-corrected chi connectivity index (χ2v) is 5.36. The van der Waals surface area contributed by atoms with Crippen LogP contribution >= 0.6 is 11.8 Å². The minimum absolute atomic E-state index is 0.0220. The highest BCUT2D eigenvalue weighted by molar-refractivity contribution is 7.99. The summed E-state index contributed by atoms with van der Waals surface area (Å²) in [4.78, 5) is 24.8. The molecule has 5 heteroatoms. The van der Waals surface area contributed by atoms with Gasteiger partial charge in [0.15, 0.2) is 0 Å². The van der Waals surface area contributed by atoms with E-state index in [-0.39, 0.29) is 24.4 Å². The second-order valence-electron chi connectivity index (χ2n) is 3.97. The number of carbonyl (C=O) groups excluding carboxylic acids is 2. The number of thioether (sulfide) groups is 1. The van der Waals surface area contributed by atoms with E-state index in [0.717, 1.165) is 24.5 Å². The Bertz CT molecular complexity index is 258. The van der Waals surface area contributed by atoms with E-state index in [1.165, 1.54) is 0 Å². The van der Waals surface area contributed by atoms with E-state index >= 15 is 0 Å². The summed E-state index contributed by atoms with van der Waals surface area (Å²) in [5.41, 5.74) is 0. The van der Waals surface area contributed by atoms with Crippen molar-refractivity contribution in [1.82, 2.24) is 10.2 Å². The molecule has 1 saturated heterocycles. The maximum Gasteiger partial charge on any atom is 0.242 e. The van der Waals surface area contributed by atoms with Crippen molar-refractivity contribution in [3.05, 3.63) is 0 Å². The van der Waals surface area contributed by atoms with Crippen LogP contribution in [-0.4, -0.2) is 47.4 Å². The van der Waals surface area contributed by atoms with Gasteiger partial charge in [0.2, 0.25) is 11.8 Å². The summed E-state index contributed by atoms with van der Waals surface area (Å²) in [5, 5.41) is 2.62. The van der Waals surface area contributed by atoms with E-state index in [0.29, 0.717) is 6.42 Å². The highest BCUT2D eigenvalue weighted by Crippen LogP contribution is 2.10. The fourth-order valence-corrected chi connectivity index (χ4v) is 2.42. The number of amides is 2. The summed E-state index contributed by atoms with van der Waals surface area (Å²) in [7, 11) is 0. The lowest BCUT2D eigenvalue weighted by atomic mass is 10.2. The Labute approximate surface area is 101 Å². The van der Waals surface area contributed by atoms with Crippen molar-refractivity contribution in [2.24, 2.45) is 0 Å². The van der Waals surface area contributed by atoms with Gasteiger partial charge in [-0.05, 0) is 24.9 Å². The number of nitrogens with zero attached hydrogens (tertiary/aromatic N) is 1. The van der Waals surface area contributed by atoms with Gasteiger partial charge in [-0.3, -0.25) is 9.59 Å². The third kappa shape index (κ3) is 4.04. The first-order valence-electron chi connectivity index (χ1n) is 5.79. The Morgan fingerprint density at radius 2 is 2.25 bits per heavy atom. The molecule has 1 fully saturated rings. The zero-order chi connectivity index (χ0) is 12.0. The molecule has 0 spiro atoms. The molecule has 16 heavy (non-hydrogen) atoms. The van der Waals surface area contributed by atoms with Crippen LogP contribution in [-0.2, 0) is 9.59 Å². The Hall–Kier alpha value is -0.710. The zero-order valence-electron chi connectivity index (χ0n) is 9.99. The summed E-state index contributed by atoms with van der Waals surface area (Å²) >= 11 is 1.88. The van der Waals surface area contributed by atoms with Gasteiger partial charge in [0.05, 0.1) is 6.54 Å². The highest BCUT2D eigenvalue weighted by Gasteiger charge is 2.25. The Morgan fingerprint density at radius 3 is 2.94 bits per heavy atom. The molecule has 0 aromatic carbocycles. The molecule has 1 unspecified atom stereocenters. The third-order valence-corrected chi connectivity index (χ3v) is 3.65. The van der Waals surface area contributed by atoms with Gasteiger partial charge >= 0.3 is 0 Å². The van der Waals surface area contributed by atoms with Crippen molar-refractivity contribution in [3.63, 3.8) is 0 Å². The smallest absolute Gasteiger partial charge is 0.242 e. The predicted molar refractivity (Wildman–Crippen MR) is 66.4 cm³/mol. The molecule has 1 aliphatic heterocycles. The van der Waals surface area contributed by atoms with E-state index in [2.05, 4.69) is 12.2 Å². The van der Waals surface area contributed by atoms with E-state index in [4.69, 9.17) is 0 Å². The minimum Gasteiger partial charge on any atom is -0.347 e. The van der Waals surface area contributed by atoms with Crippen LogP contribution in [0.2, 0.25) is 0 Å². The van der Waals surface area contributed by atoms with Crippen molar-refractivity contribution >= 4 is 23.6 Å². The maximum atomic E-state index is 11.7. The van der Waals surface area contributed by atoms with E-state index in [9.17, 15) is 9.59 Å². The molecule has 0 bridgehead atoms. The molecule has 92 valence electrons. The van der Waals surface area contributed by atoms with Crippen molar-refractivity contribution < 1.29 is 9.59 Å². The van der Waals surface area contributed by atoms with Crippen LogP contribution in [0.15, 0.2) is 0 Å². The molecule has 0 aromatic rings. The van der Waals surface area contributed by atoms with Gasteiger partial charge in [-0.2, -0.15) is 11.8 Å². The van der Waals surface area contributed by atoms with Gasteiger partial charge < -0.3 is 10.2 Å². The van der Waals surface area contributed by atoms with Gasteiger partial charge in [-0.1, -0.05) is 6.92 Å². The number of hydrogen-bond donors (Lipinski definition) is 1. The summed E-state index contributed by atoms with van der Waals surface area (Å²) in [6.45, 7) is 4.99. The fourth-order valence-electron chi connectivity index (χ4n) is 1.80. The summed E-state index contributed by atoms with van der Waals surface area (Å²) in [6.07, 6.45) is 1.43. The van der Waals surface area contributed by atoms with Crippen molar-refractivity contribution in [3.8, 4) is 0 Å². The molecule has 4 nitrogen and oxygen atoms in total. The third-order valence-electron chi connectivity index (χ3n) is 2.66. The van der Waals surface area contributed by atoms with Crippen molar-refractivity contribution in [2.45, 2.75) is 32.7 Å². The van der Waals surface area contributed by atoms with Crippen LogP contribution in [0.3, 0.4) is 0 Å². The monoisotopic (exact) mass is 244 g/mol. The Kier molecular flexibility index (Phi) is 5.66. The summed E-state index contributed by atoms with van der Waals surface area (Å²) in [5.74, 6) is 2.21. The van der Waals surface area contributed by atoms with Gasteiger partial charge in [0, 0.05) is 19.0 Å².